The third kappa shape index (κ3) is 7.20. The summed E-state index contributed by atoms with van der Waals surface area (Å²) in [6.07, 6.45) is 0. The number of hydrogen-bond donors (Lipinski definition) is 0. The molecule has 374 valence electrons. The van der Waals surface area contributed by atoms with E-state index in [1.807, 2.05) is 0 Å². The summed E-state index contributed by atoms with van der Waals surface area (Å²) >= 11 is 0. The Hall–Kier alpha value is -9.96. The minimum Gasteiger partial charge on any atom is -0.454 e. The third-order valence-electron chi connectivity index (χ3n) is 16.9. The molecule has 0 saturated heterocycles. The highest BCUT2D eigenvalue weighted by atomic mass is 16.3. The number of fused-ring (bicyclic) bond motifs is 10. The first-order chi connectivity index (χ1) is 39.0. The summed E-state index contributed by atoms with van der Waals surface area (Å²) in [6.45, 7) is 4.75. The van der Waals surface area contributed by atoms with Crippen LogP contribution in [0.5, 0.6) is 0 Å². The number of para-hydroxylation sites is 3. The molecule has 0 bridgehead atoms. The minimum absolute atomic E-state index is 0.200. The smallest absolute Gasteiger partial charge is 0.160 e. The molecule has 0 atom stereocenters. The van der Waals surface area contributed by atoms with Gasteiger partial charge in [0.25, 0.3) is 0 Å². The second-order valence-corrected chi connectivity index (χ2v) is 21.5. The van der Waals surface area contributed by atoms with Crippen LogP contribution < -0.4 is 9.80 Å². The molecule has 0 radical (unpaired) electrons. The molecule has 3 heteroatoms. The van der Waals surface area contributed by atoms with Crippen molar-refractivity contribution in [3.8, 4) is 44.5 Å². The molecule has 0 spiro atoms. The van der Waals surface area contributed by atoms with Crippen molar-refractivity contribution in [3.05, 3.63) is 325 Å². The van der Waals surface area contributed by atoms with Gasteiger partial charge in [0, 0.05) is 44.5 Å². The Balaban J connectivity index is 1.05. The highest BCUT2D eigenvalue weighted by molar-refractivity contribution is 6.20. The van der Waals surface area contributed by atoms with Crippen LogP contribution >= 0.6 is 0 Å². The average molecular weight is 1010 g/mol. The number of furan rings is 1. The highest BCUT2D eigenvalue weighted by Crippen LogP contribution is 2.62. The van der Waals surface area contributed by atoms with Crippen LogP contribution in [0.15, 0.2) is 296 Å². The molecule has 0 fully saturated rings. The van der Waals surface area contributed by atoms with Gasteiger partial charge in [-0.15, -0.1) is 0 Å². The normalized spacial score (nSPS) is 13.4. The van der Waals surface area contributed by atoms with Crippen LogP contribution in [0.4, 0.5) is 34.1 Å². The monoisotopic (exact) mass is 1010 g/mol. The molecular formula is C76H54N2O. The van der Waals surface area contributed by atoms with E-state index < -0.39 is 5.41 Å². The van der Waals surface area contributed by atoms with E-state index in [0.29, 0.717) is 0 Å². The van der Waals surface area contributed by atoms with E-state index in [9.17, 15) is 0 Å². The van der Waals surface area contributed by atoms with E-state index in [0.717, 1.165) is 78.3 Å². The van der Waals surface area contributed by atoms with Crippen molar-refractivity contribution < 1.29 is 4.42 Å². The summed E-state index contributed by atoms with van der Waals surface area (Å²) in [5.74, 6) is 0. The predicted molar refractivity (Wildman–Crippen MR) is 329 cm³/mol. The first-order valence-electron chi connectivity index (χ1n) is 27.4. The zero-order valence-electron chi connectivity index (χ0n) is 44.0. The molecule has 1 aromatic heterocycles. The van der Waals surface area contributed by atoms with Gasteiger partial charge in [-0.25, -0.2) is 0 Å². The Morgan fingerprint density at radius 3 is 1.53 bits per heavy atom. The van der Waals surface area contributed by atoms with Crippen LogP contribution in [0.25, 0.3) is 66.4 Å². The average Bonchev–Trinajstić information content (AvgIpc) is 3.97. The van der Waals surface area contributed by atoms with E-state index in [1.165, 1.54) is 55.6 Å². The molecule has 13 aromatic rings. The first kappa shape index (κ1) is 46.4. The molecule has 2 aliphatic carbocycles. The van der Waals surface area contributed by atoms with Gasteiger partial charge < -0.3 is 14.2 Å². The first-order valence-corrected chi connectivity index (χ1v) is 27.4. The van der Waals surface area contributed by atoms with Crippen LogP contribution in [0.2, 0.25) is 0 Å². The van der Waals surface area contributed by atoms with E-state index in [1.54, 1.807) is 0 Å². The van der Waals surface area contributed by atoms with E-state index in [4.69, 9.17) is 4.42 Å². The second kappa shape index (κ2) is 18.4. The molecule has 2 aliphatic rings. The van der Waals surface area contributed by atoms with Crippen molar-refractivity contribution in [1.29, 1.82) is 0 Å². The van der Waals surface area contributed by atoms with Gasteiger partial charge in [0.1, 0.15) is 5.58 Å². The molecule has 79 heavy (non-hydrogen) atoms. The summed E-state index contributed by atoms with van der Waals surface area (Å²) in [5, 5.41) is 2.17. The molecule has 0 unspecified atom stereocenters. The summed E-state index contributed by atoms with van der Waals surface area (Å²) in [4.78, 5) is 4.92. The Bertz CT molecular complexity index is 4410. The maximum Gasteiger partial charge on any atom is 0.160 e. The van der Waals surface area contributed by atoms with Crippen LogP contribution in [0, 0.1) is 0 Å². The fourth-order valence-corrected chi connectivity index (χ4v) is 13.4. The van der Waals surface area contributed by atoms with Crippen LogP contribution in [-0.4, -0.2) is 0 Å². The second-order valence-electron chi connectivity index (χ2n) is 21.5. The summed E-state index contributed by atoms with van der Waals surface area (Å²) in [5.41, 5.74) is 24.0. The van der Waals surface area contributed by atoms with Gasteiger partial charge in [-0.05, 0) is 139 Å². The van der Waals surface area contributed by atoms with Crippen LogP contribution in [0.3, 0.4) is 0 Å². The Morgan fingerprint density at radius 2 is 0.823 bits per heavy atom. The van der Waals surface area contributed by atoms with Gasteiger partial charge in [0.2, 0.25) is 0 Å². The third-order valence-corrected chi connectivity index (χ3v) is 16.9. The summed E-state index contributed by atoms with van der Waals surface area (Å²) < 4.78 is 7.30. The summed E-state index contributed by atoms with van der Waals surface area (Å²) in [7, 11) is 0. The van der Waals surface area contributed by atoms with Gasteiger partial charge in [-0.1, -0.05) is 238 Å². The molecule has 0 aliphatic heterocycles. The molecule has 1 heterocycles. The number of anilines is 6. The van der Waals surface area contributed by atoms with E-state index >= 15 is 0 Å². The van der Waals surface area contributed by atoms with E-state index in [-0.39, 0.29) is 5.41 Å². The molecule has 0 saturated carbocycles. The zero-order chi connectivity index (χ0) is 52.7. The van der Waals surface area contributed by atoms with Gasteiger partial charge >= 0.3 is 0 Å². The quantitative estimate of drug-likeness (QED) is 0.136. The summed E-state index contributed by atoms with van der Waals surface area (Å²) in [6, 6.07) is 107. The van der Waals surface area contributed by atoms with Crippen molar-refractivity contribution in [1.82, 2.24) is 0 Å². The van der Waals surface area contributed by atoms with Gasteiger partial charge in [0.05, 0.1) is 16.8 Å². The molecule has 3 nitrogen and oxygen atoms in total. The SMILES string of the molecule is CC1(C)c2ccccc2-c2ccc(N(c3ccc4c(c3)C(c3ccccc3)(c3ccccc3)c3cc(N(c5ccccc5)c5cccc(-c6ccccc6)c5)c5oc6ccccc6c5c3-4)c3ccccc3-c3ccccc3)cc21. The highest BCUT2D eigenvalue weighted by Gasteiger charge is 2.49. The lowest BCUT2D eigenvalue weighted by Crippen LogP contribution is -2.29. The Morgan fingerprint density at radius 1 is 0.316 bits per heavy atom. The van der Waals surface area contributed by atoms with Crippen molar-refractivity contribution >= 4 is 56.1 Å². The topological polar surface area (TPSA) is 19.6 Å². The lowest BCUT2D eigenvalue weighted by atomic mass is 9.67. The Labute approximate surface area is 461 Å². The van der Waals surface area contributed by atoms with E-state index in [2.05, 4.69) is 315 Å². The maximum absolute atomic E-state index is 7.30. The lowest BCUT2D eigenvalue weighted by molar-refractivity contribution is 0.660. The van der Waals surface area contributed by atoms with Crippen LogP contribution in [0.1, 0.15) is 47.2 Å². The molecule has 0 amide bonds. The predicted octanol–water partition coefficient (Wildman–Crippen LogP) is 20.5. The minimum atomic E-state index is -0.801. The number of rotatable bonds is 10. The number of nitrogens with zero attached hydrogens (tertiary/aromatic N) is 2. The maximum atomic E-state index is 7.30. The fraction of sp³-hybridized carbons (Fsp3) is 0.0526. The molecule has 0 N–H and O–H groups in total. The Kier molecular flexibility index (Phi) is 10.8. The molecule has 12 aromatic carbocycles. The zero-order valence-corrected chi connectivity index (χ0v) is 44.0. The number of benzene rings is 12. The van der Waals surface area contributed by atoms with Crippen molar-refractivity contribution in [2.45, 2.75) is 24.7 Å². The molecular weight excluding hydrogens is 957 g/mol. The van der Waals surface area contributed by atoms with Crippen molar-refractivity contribution in [3.63, 3.8) is 0 Å². The van der Waals surface area contributed by atoms with Crippen LogP contribution in [-0.2, 0) is 10.8 Å². The van der Waals surface area contributed by atoms with Gasteiger partial charge in [-0.3, -0.25) is 0 Å². The lowest BCUT2D eigenvalue weighted by Gasteiger charge is -2.36. The van der Waals surface area contributed by atoms with Crippen molar-refractivity contribution in [2.24, 2.45) is 0 Å². The largest absolute Gasteiger partial charge is 0.454 e. The van der Waals surface area contributed by atoms with Crippen molar-refractivity contribution in [2.75, 3.05) is 9.80 Å². The number of hydrogen-bond acceptors (Lipinski definition) is 3. The molecule has 15 rings (SSSR count). The van der Waals surface area contributed by atoms with Gasteiger partial charge in [-0.2, -0.15) is 0 Å². The fourth-order valence-electron chi connectivity index (χ4n) is 13.4. The van der Waals surface area contributed by atoms with Gasteiger partial charge in [0.15, 0.2) is 5.58 Å². The standard InChI is InChI=1S/C76H54N2O/c1-75(2)65-40-21-18-38-61(65)62-45-43-58(48-66(62)75)78(69-41-22-19-37-60(69)52-27-10-4-11-28-52)59-44-46-63-67(49-59)76(54-30-12-5-13-31-54,55-32-14-6-15-33-55)68-50-70(74-73(72(63)68)64-39-20-23-42-71(64)79-74)77(56-34-16-7-17-35-56)57-36-24-29-53(47-57)51-25-8-3-9-26-51/h3-50H,1-2H3.